The molecule has 192 valence electrons. The molecule has 2 aromatic carbocycles. The van der Waals surface area contributed by atoms with E-state index in [0.29, 0.717) is 22.1 Å². The summed E-state index contributed by atoms with van der Waals surface area (Å²) in [5.41, 5.74) is 0.950. The molecule has 0 saturated carbocycles. The molecular weight excluding hydrogens is 489 g/mol. The van der Waals surface area contributed by atoms with Gasteiger partial charge in [-0.05, 0) is 42.0 Å². The summed E-state index contributed by atoms with van der Waals surface area (Å²) in [7, 11) is 2.83. The molecule has 37 heavy (non-hydrogen) atoms. The van der Waals surface area contributed by atoms with Crippen molar-refractivity contribution in [3.05, 3.63) is 84.0 Å². The topological polar surface area (TPSA) is 81.0 Å². The monoisotopic (exact) mass is 512 g/mol. The number of rotatable bonds is 4. The van der Waals surface area contributed by atoms with Crippen molar-refractivity contribution in [2.45, 2.75) is 24.6 Å². The number of benzene rings is 2. The van der Waals surface area contributed by atoms with Crippen molar-refractivity contribution in [1.29, 1.82) is 0 Å². The third-order valence-corrected chi connectivity index (χ3v) is 6.64. The molecule has 10 heteroatoms. The van der Waals surface area contributed by atoms with Crippen molar-refractivity contribution in [2.24, 2.45) is 5.92 Å². The third-order valence-electron chi connectivity index (χ3n) is 6.64. The largest absolute Gasteiger partial charge is 0.493 e. The Morgan fingerprint density at radius 2 is 1.81 bits per heavy atom. The van der Waals surface area contributed by atoms with Gasteiger partial charge in [-0.2, -0.15) is 13.2 Å². The SMILES string of the molecule is COc1ccc(C2C3C(=O)CC(c4ccco4)C=C3Nc3ccccc3N2C(=O)C(F)(F)F)cc1OC. The average Bonchev–Trinajstić information content (AvgIpc) is 3.37. The van der Waals surface area contributed by atoms with Crippen molar-refractivity contribution in [3.63, 3.8) is 0 Å². The van der Waals surface area contributed by atoms with Gasteiger partial charge in [-0.25, -0.2) is 0 Å². The highest BCUT2D eigenvalue weighted by Crippen LogP contribution is 2.49. The number of nitrogens with zero attached hydrogens (tertiary/aromatic N) is 1. The second kappa shape index (κ2) is 9.34. The van der Waals surface area contributed by atoms with E-state index >= 15 is 0 Å². The first kappa shape index (κ1) is 24.5. The van der Waals surface area contributed by atoms with Crippen LogP contribution in [-0.2, 0) is 9.59 Å². The lowest BCUT2D eigenvalue weighted by Gasteiger charge is -2.37. The van der Waals surface area contributed by atoms with Crippen LogP contribution in [0.2, 0.25) is 0 Å². The van der Waals surface area contributed by atoms with E-state index < -0.39 is 30.0 Å². The Hall–Kier alpha value is -4.21. The molecule has 0 radical (unpaired) electrons. The maximum Gasteiger partial charge on any atom is 0.471 e. The molecule has 2 aliphatic rings. The van der Waals surface area contributed by atoms with Crippen LogP contribution in [-0.4, -0.2) is 32.1 Å². The van der Waals surface area contributed by atoms with Crippen LogP contribution in [0.25, 0.3) is 0 Å². The quantitative estimate of drug-likeness (QED) is 0.489. The average molecular weight is 512 g/mol. The summed E-state index contributed by atoms with van der Waals surface area (Å²) in [5, 5.41) is 3.15. The molecule has 5 rings (SSSR count). The van der Waals surface area contributed by atoms with Crippen LogP contribution in [0.1, 0.15) is 29.7 Å². The highest BCUT2D eigenvalue weighted by Gasteiger charge is 2.52. The van der Waals surface area contributed by atoms with Gasteiger partial charge in [0.25, 0.3) is 0 Å². The van der Waals surface area contributed by atoms with Gasteiger partial charge >= 0.3 is 12.1 Å². The van der Waals surface area contributed by atoms with Gasteiger partial charge in [0.2, 0.25) is 0 Å². The second-order valence-corrected chi connectivity index (χ2v) is 8.77. The summed E-state index contributed by atoms with van der Waals surface area (Å²) in [6, 6.07) is 12.9. The summed E-state index contributed by atoms with van der Waals surface area (Å²) >= 11 is 0. The number of methoxy groups -OCH3 is 2. The summed E-state index contributed by atoms with van der Waals surface area (Å²) < 4.78 is 58.2. The lowest BCUT2D eigenvalue weighted by atomic mass is 9.77. The first-order chi connectivity index (χ1) is 17.7. The predicted molar refractivity (Wildman–Crippen MR) is 129 cm³/mol. The van der Waals surface area contributed by atoms with E-state index in [2.05, 4.69) is 5.32 Å². The van der Waals surface area contributed by atoms with E-state index in [0.717, 1.165) is 0 Å². The standard InChI is InChI=1S/C27H23F3N2O5/c1-35-22-10-9-15(14-23(22)36-2)25-24-18(12-16(13-20(24)33)21-8-5-11-37-21)31-17-6-3-4-7-19(17)32(25)26(34)27(28,29)30/h3-12,14,16,24-25,31H,13H2,1-2H3. The van der Waals surface area contributed by atoms with E-state index in [-0.39, 0.29) is 34.9 Å². The number of amides is 1. The Bertz CT molecular complexity index is 1370. The molecule has 0 spiro atoms. The van der Waals surface area contributed by atoms with Crippen molar-refractivity contribution >= 4 is 23.1 Å². The molecule has 1 aliphatic carbocycles. The Balaban J connectivity index is 1.76. The zero-order valence-electron chi connectivity index (χ0n) is 19.9. The van der Waals surface area contributed by atoms with Gasteiger partial charge in [0.15, 0.2) is 11.5 Å². The molecule has 1 N–H and O–H groups in total. The number of carbonyl (C=O) groups is 2. The van der Waals surface area contributed by atoms with Crippen molar-refractivity contribution in [1.82, 2.24) is 0 Å². The zero-order chi connectivity index (χ0) is 26.3. The molecule has 3 aromatic rings. The molecule has 1 amide bonds. The number of allylic oxidation sites excluding steroid dienone is 1. The zero-order valence-corrected chi connectivity index (χ0v) is 19.9. The molecule has 3 atom stereocenters. The molecule has 1 aliphatic heterocycles. The van der Waals surface area contributed by atoms with E-state index in [9.17, 15) is 22.8 Å². The summed E-state index contributed by atoms with van der Waals surface area (Å²) in [5.74, 6) is -2.76. The fourth-order valence-electron chi connectivity index (χ4n) is 5.04. The normalized spacial score (nSPS) is 21.2. The number of alkyl halides is 3. The van der Waals surface area contributed by atoms with Gasteiger partial charge in [-0.3, -0.25) is 14.5 Å². The minimum atomic E-state index is -5.19. The second-order valence-electron chi connectivity index (χ2n) is 8.77. The Morgan fingerprint density at radius 1 is 1.05 bits per heavy atom. The van der Waals surface area contributed by atoms with Crippen LogP contribution in [0.3, 0.4) is 0 Å². The number of ketones is 1. The molecule has 7 nitrogen and oxygen atoms in total. The summed E-state index contributed by atoms with van der Waals surface area (Å²) in [6.45, 7) is 0. The maximum absolute atomic E-state index is 14.0. The van der Waals surface area contributed by atoms with Gasteiger partial charge in [0.1, 0.15) is 11.5 Å². The molecule has 1 aromatic heterocycles. The molecule has 0 fully saturated rings. The number of nitrogens with one attached hydrogen (secondary N) is 1. The summed E-state index contributed by atoms with van der Waals surface area (Å²) in [6.07, 6.45) is -1.91. The van der Waals surface area contributed by atoms with E-state index in [1.165, 1.54) is 38.7 Å². The number of hydrogen-bond acceptors (Lipinski definition) is 6. The van der Waals surface area contributed by atoms with Gasteiger partial charge in [-0.15, -0.1) is 0 Å². The predicted octanol–water partition coefficient (Wildman–Crippen LogP) is 5.62. The van der Waals surface area contributed by atoms with Gasteiger partial charge in [0, 0.05) is 18.0 Å². The minimum absolute atomic E-state index is 0.00209. The third kappa shape index (κ3) is 4.32. The van der Waals surface area contributed by atoms with Crippen LogP contribution in [0, 0.1) is 5.92 Å². The number of anilines is 2. The molecular formula is C27H23F3N2O5. The number of Topliss-reactive ketones (excluding diaryl/α,β-unsaturated/α-hetero) is 1. The van der Waals surface area contributed by atoms with Crippen molar-refractivity contribution < 1.29 is 36.7 Å². The highest BCUT2D eigenvalue weighted by atomic mass is 19.4. The van der Waals surface area contributed by atoms with Crippen molar-refractivity contribution in [2.75, 3.05) is 24.4 Å². The number of fused-ring (bicyclic) bond motifs is 2. The Morgan fingerprint density at radius 3 is 2.49 bits per heavy atom. The smallest absolute Gasteiger partial charge is 0.471 e. The fraction of sp³-hybridized carbons (Fsp3) is 0.259. The number of carbonyl (C=O) groups excluding carboxylic acids is 2. The molecule has 2 heterocycles. The number of halogens is 3. The van der Waals surface area contributed by atoms with E-state index in [1.807, 2.05) is 0 Å². The number of para-hydroxylation sites is 2. The first-order valence-electron chi connectivity index (χ1n) is 11.5. The highest BCUT2D eigenvalue weighted by molar-refractivity contribution is 6.03. The van der Waals surface area contributed by atoms with Gasteiger partial charge in [0.05, 0.1) is 43.8 Å². The van der Waals surface area contributed by atoms with Crippen LogP contribution in [0.4, 0.5) is 24.5 Å². The lowest BCUT2D eigenvalue weighted by Crippen LogP contribution is -2.47. The van der Waals surface area contributed by atoms with Crippen molar-refractivity contribution in [3.8, 4) is 11.5 Å². The Kier molecular flexibility index (Phi) is 6.18. The lowest BCUT2D eigenvalue weighted by molar-refractivity contribution is -0.171. The molecule has 3 unspecified atom stereocenters. The summed E-state index contributed by atoms with van der Waals surface area (Å²) in [4.78, 5) is 27.4. The van der Waals surface area contributed by atoms with E-state index in [1.54, 1.807) is 42.5 Å². The first-order valence-corrected chi connectivity index (χ1v) is 11.5. The fourth-order valence-corrected chi connectivity index (χ4v) is 5.04. The van der Waals surface area contributed by atoms with E-state index in [4.69, 9.17) is 13.9 Å². The maximum atomic E-state index is 14.0. The van der Waals surface area contributed by atoms with Crippen LogP contribution in [0.15, 0.2) is 77.1 Å². The van der Waals surface area contributed by atoms with Crippen LogP contribution < -0.4 is 19.7 Å². The van der Waals surface area contributed by atoms with Crippen LogP contribution >= 0.6 is 0 Å². The number of hydrogen-bond donors (Lipinski definition) is 1. The number of furan rings is 1. The van der Waals surface area contributed by atoms with Crippen LogP contribution in [0.5, 0.6) is 11.5 Å². The minimum Gasteiger partial charge on any atom is -0.493 e. The Labute approximate surface area is 210 Å². The molecule has 0 saturated heterocycles. The molecule has 0 bridgehead atoms. The van der Waals surface area contributed by atoms with Gasteiger partial charge in [-0.1, -0.05) is 24.3 Å². The van der Waals surface area contributed by atoms with Gasteiger partial charge < -0.3 is 19.2 Å². The number of ether oxygens (including phenoxy) is 2.